The highest BCUT2D eigenvalue weighted by Crippen LogP contribution is 2.28. The van der Waals surface area contributed by atoms with Crippen LogP contribution in [0.5, 0.6) is 0 Å². The van der Waals surface area contributed by atoms with Gasteiger partial charge in [0.2, 0.25) is 0 Å². The molecule has 7 heteroatoms. The van der Waals surface area contributed by atoms with Gasteiger partial charge in [-0.25, -0.2) is 9.59 Å². The van der Waals surface area contributed by atoms with Crippen molar-refractivity contribution >= 4 is 11.9 Å². The van der Waals surface area contributed by atoms with Crippen molar-refractivity contribution in [2.24, 2.45) is 0 Å². The molecule has 0 amide bonds. The van der Waals surface area contributed by atoms with Crippen LogP contribution in [0, 0.1) is 0 Å². The Bertz CT molecular complexity index is 778. The Hall–Kier alpha value is -2.74. The molecule has 0 spiro atoms. The van der Waals surface area contributed by atoms with Gasteiger partial charge in [0, 0.05) is 14.2 Å². The fraction of sp³-hybridized carbons (Fsp3) is 0.333. The predicted octanol–water partition coefficient (Wildman–Crippen LogP) is 2.46. The molecule has 0 N–H and O–H groups in total. The van der Waals surface area contributed by atoms with Gasteiger partial charge in [-0.3, -0.25) is 0 Å². The van der Waals surface area contributed by atoms with Crippen LogP contribution in [0.2, 0.25) is 0 Å². The summed E-state index contributed by atoms with van der Waals surface area (Å²) in [6.45, 7) is -0.111. The topological polar surface area (TPSA) is 80.3 Å². The van der Waals surface area contributed by atoms with Crippen LogP contribution in [-0.2, 0) is 23.7 Å². The summed E-state index contributed by atoms with van der Waals surface area (Å²) >= 11 is 0. The predicted molar refractivity (Wildman–Crippen MR) is 98.8 cm³/mol. The molecule has 1 fully saturated rings. The molecule has 28 heavy (non-hydrogen) atoms. The van der Waals surface area contributed by atoms with Crippen molar-refractivity contribution < 1.29 is 33.3 Å². The van der Waals surface area contributed by atoms with Crippen molar-refractivity contribution in [1.82, 2.24) is 0 Å². The number of ether oxygens (including phenoxy) is 5. The van der Waals surface area contributed by atoms with Gasteiger partial charge in [-0.2, -0.15) is 0 Å². The van der Waals surface area contributed by atoms with E-state index in [1.165, 1.54) is 14.2 Å². The second kappa shape index (κ2) is 9.45. The second-order valence-electron chi connectivity index (χ2n) is 6.18. The zero-order chi connectivity index (χ0) is 19.9. The highest BCUT2D eigenvalue weighted by molar-refractivity contribution is 5.90. The molecule has 148 valence electrons. The molecule has 2 aromatic rings. The van der Waals surface area contributed by atoms with E-state index in [0.29, 0.717) is 11.1 Å². The third kappa shape index (κ3) is 4.56. The van der Waals surface area contributed by atoms with Crippen molar-refractivity contribution in [3.63, 3.8) is 0 Å². The molecule has 1 heterocycles. The molecule has 0 aromatic heterocycles. The number of benzene rings is 2. The van der Waals surface area contributed by atoms with Crippen molar-refractivity contribution in [2.45, 2.75) is 24.6 Å². The minimum atomic E-state index is -0.800. The SMILES string of the molecule is COC1C(OC(=O)c2ccccc2)[C@@H](COC(=O)c2ccccc2)O[C@@H]1OC. The fourth-order valence-corrected chi connectivity index (χ4v) is 2.99. The molecule has 0 bridgehead atoms. The van der Waals surface area contributed by atoms with Gasteiger partial charge in [0.05, 0.1) is 11.1 Å². The average molecular weight is 386 g/mol. The maximum Gasteiger partial charge on any atom is 0.338 e. The van der Waals surface area contributed by atoms with Crippen LogP contribution in [0.1, 0.15) is 20.7 Å². The summed E-state index contributed by atoms with van der Waals surface area (Å²) in [7, 11) is 2.94. The third-order valence-electron chi connectivity index (χ3n) is 4.41. The lowest BCUT2D eigenvalue weighted by molar-refractivity contribution is -0.159. The van der Waals surface area contributed by atoms with Crippen LogP contribution in [0.4, 0.5) is 0 Å². The Morgan fingerprint density at radius 2 is 1.39 bits per heavy atom. The van der Waals surface area contributed by atoms with E-state index < -0.39 is 36.5 Å². The maximum atomic E-state index is 12.5. The lowest BCUT2D eigenvalue weighted by atomic mass is 10.1. The fourth-order valence-electron chi connectivity index (χ4n) is 2.99. The highest BCUT2D eigenvalue weighted by Gasteiger charge is 2.48. The van der Waals surface area contributed by atoms with E-state index in [1.54, 1.807) is 54.6 Å². The van der Waals surface area contributed by atoms with Crippen molar-refractivity contribution in [1.29, 1.82) is 0 Å². The molecule has 0 radical (unpaired) electrons. The van der Waals surface area contributed by atoms with Crippen molar-refractivity contribution in [2.75, 3.05) is 20.8 Å². The third-order valence-corrected chi connectivity index (χ3v) is 4.41. The standard InChI is InChI=1S/C21H22O7/c1-24-18-17(28-20(23)15-11-7-4-8-12-15)16(27-21(18)25-2)13-26-19(22)14-9-5-3-6-10-14/h3-12,16-18,21H,13H2,1-2H3/t16-,17?,18?,21+/m1/s1. The zero-order valence-electron chi connectivity index (χ0n) is 15.6. The smallest absolute Gasteiger partial charge is 0.338 e. The Morgan fingerprint density at radius 1 is 0.821 bits per heavy atom. The maximum absolute atomic E-state index is 12.5. The first-order chi connectivity index (χ1) is 13.6. The van der Waals surface area contributed by atoms with Crippen molar-refractivity contribution in [3.05, 3.63) is 71.8 Å². The van der Waals surface area contributed by atoms with Crippen LogP contribution in [0.25, 0.3) is 0 Å². The number of hydrogen-bond donors (Lipinski definition) is 0. The number of carbonyl (C=O) groups excluding carboxylic acids is 2. The first-order valence-electron chi connectivity index (χ1n) is 8.83. The Labute approximate surface area is 163 Å². The average Bonchev–Trinajstić information content (AvgIpc) is 3.09. The lowest BCUT2D eigenvalue weighted by Gasteiger charge is -2.22. The molecule has 4 atom stereocenters. The van der Waals surface area contributed by atoms with Crippen LogP contribution >= 0.6 is 0 Å². The van der Waals surface area contributed by atoms with Crippen LogP contribution in [-0.4, -0.2) is 57.4 Å². The molecular formula is C21H22O7. The van der Waals surface area contributed by atoms with E-state index in [-0.39, 0.29) is 6.61 Å². The van der Waals surface area contributed by atoms with E-state index in [4.69, 9.17) is 23.7 Å². The van der Waals surface area contributed by atoms with Gasteiger partial charge in [-0.05, 0) is 24.3 Å². The lowest BCUT2D eigenvalue weighted by Crippen LogP contribution is -2.40. The Morgan fingerprint density at radius 3 is 1.93 bits per heavy atom. The zero-order valence-corrected chi connectivity index (χ0v) is 15.6. The number of rotatable bonds is 7. The molecule has 1 aliphatic rings. The summed E-state index contributed by atoms with van der Waals surface area (Å²) in [5, 5.41) is 0. The van der Waals surface area contributed by atoms with Crippen LogP contribution < -0.4 is 0 Å². The first kappa shape index (κ1) is 20.0. The molecule has 2 aromatic carbocycles. The van der Waals surface area contributed by atoms with Crippen LogP contribution in [0.3, 0.4) is 0 Å². The Balaban J connectivity index is 1.70. The highest BCUT2D eigenvalue weighted by atomic mass is 16.7. The normalized spacial score (nSPS) is 23.9. The van der Waals surface area contributed by atoms with Gasteiger partial charge in [-0.1, -0.05) is 36.4 Å². The molecule has 7 nitrogen and oxygen atoms in total. The van der Waals surface area contributed by atoms with Gasteiger partial charge in [0.15, 0.2) is 12.4 Å². The first-order valence-corrected chi connectivity index (χ1v) is 8.83. The van der Waals surface area contributed by atoms with Gasteiger partial charge in [0.25, 0.3) is 0 Å². The molecule has 0 saturated carbocycles. The number of esters is 2. The summed E-state index contributed by atoms with van der Waals surface area (Å²) in [6.07, 6.45) is -2.93. The van der Waals surface area contributed by atoms with Gasteiger partial charge < -0.3 is 23.7 Å². The molecular weight excluding hydrogens is 364 g/mol. The molecule has 1 saturated heterocycles. The quantitative estimate of drug-likeness (QED) is 0.676. The van der Waals surface area contributed by atoms with E-state index >= 15 is 0 Å². The number of carbonyl (C=O) groups is 2. The molecule has 0 aliphatic carbocycles. The van der Waals surface area contributed by atoms with Gasteiger partial charge >= 0.3 is 11.9 Å². The Kier molecular flexibility index (Phi) is 6.76. The van der Waals surface area contributed by atoms with E-state index in [1.807, 2.05) is 6.07 Å². The molecule has 3 rings (SSSR count). The van der Waals surface area contributed by atoms with Crippen molar-refractivity contribution in [3.8, 4) is 0 Å². The minimum Gasteiger partial charge on any atom is -0.459 e. The summed E-state index contributed by atoms with van der Waals surface area (Å²) in [5.41, 5.74) is 0.822. The van der Waals surface area contributed by atoms with Crippen LogP contribution in [0.15, 0.2) is 60.7 Å². The van der Waals surface area contributed by atoms with Gasteiger partial charge in [0.1, 0.15) is 18.8 Å². The minimum absolute atomic E-state index is 0.111. The largest absolute Gasteiger partial charge is 0.459 e. The summed E-state index contributed by atoms with van der Waals surface area (Å²) < 4.78 is 27.4. The summed E-state index contributed by atoms with van der Waals surface area (Å²) in [6, 6.07) is 17.2. The number of hydrogen-bond acceptors (Lipinski definition) is 7. The van der Waals surface area contributed by atoms with E-state index in [0.717, 1.165) is 0 Å². The van der Waals surface area contributed by atoms with Gasteiger partial charge in [-0.15, -0.1) is 0 Å². The molecule has 2 unspecified atom stereocenters. The number of methoxy groups -OCH3 is 2. The van der Waals surface area contributed by atoms with E-state index in [2.05, 4.69) is 0 Å². The van der Waals surface area contributed by atoms with E-state index in [9.17, 15) is 9.59 Å². The summed E-state index contributed by atoms with van der Waals surface area (Å²) in [5.74, 6) is -1.01. The molecule has 1 aliphatic heterocycles. The monoisotopic (exact) mass is 386 g/mol. The second-order valence-corrected chi connectivity index (χ2v) is 6.18. The summed E-state index contributed by atoms with van der Waals surface area (Å²) in [4.78, 5) is 24.7.